The SMILES string of the molecule is CC(C)N(C)C(=O)c1coc(COc2ccc(OC(F)(F)F)nc2)n1. The summed E-state index contributed by atoms with van der Waals surface area (Å²) in [7, 11) is 1.65. The third kappa shape index (κ3) is 5.37. The largest absolute Gasteiger partial charge is 0.574 e. The van der Waals surface area contributed by atoms with Crippen LogP contribution in [0.4, 0.5) is 13.2 Å². The Morgan fingerprint density at radius 2 is 2.08 bits per heavy atom. The number of carbonyl (C=O) groups is 1. The van der Waals surface area contributed by atoms with Crippen molar-refractivity contribution in [3.05, 3.63) is 36.2 Å². The zero-order chi connectivity index (χ0) is 18.6. The Morgan fingerprint density at radius 1 is 1.36 bits per heavy atom. The minimum absolute atomic E-state index is 0.00686. The third-order valence-corrected chi connectivity index (χ3v) is 3.16. The van der Waals surface area contributed by atoms with Crippen LogP contribution in [0.1, 0.15) is 30.2 Å². The number of hydrogen-bond donors (Lipinski definition) is 0. The van der Waals surface area contributed by atoms with Gasteiger partial charge >= 0.3 is 6.36 Å². The maximum Gasteiger partial charge on any atom is 0.574 e. The zero-order valence-electron chi connectivity index (χ0n) is 13.7. The molecule has 0 unspecified atom stereocenters. The maximum absolute atomic E-state index is 12.1. The fourth-order valence-corrected chi connectivity index (χ4v) is 1.67. The van der Waals surface area contributed by atoms with E-state index in [2.05, 4.69) is 14.7 Å². The number of nitrogens with zero attached hydrogens (tertiary/aromatic N) is 3. The van der Waals surface area contributed by atoms with Gasteiger partial charge in [-0.2, -0.15) is 0 Å². The number of oxazole rings is 1. The maximum atomic E-state index is 12.1. The van der Waals surface area contributed by atoms with Crippen molar-refractivity contribution >= 4 is 5.91 Å². The Balaban J connectivity index is 1.93. The summed E-state index contributed by atoms with van der Waals surface area (Å²) in [6, 6.07) is 2.29. The van der Waals surface area contributed by atoms with Crippen molar-refractivity contribution in [3.8, 4) is 11.6 Å². The van der Waals surface area contributed by atoms with Crippen LogP contribution in [-0.2, 0) is 6.61 Å². The van der Waals surface area contributed by atoms with Gasteiger partial charge in [0.1, 0.15) is 12.0 Å². The molecule has 2 aromatic rings. The molecule has 0 saturated heterocycles. The number of hydrogen-bond acceptors (Lipinski definition) is 6. The molecule has 10 heteroatoms. The lowest BCUT2D eigenvalue weighted by atomic mass is 10.3. The van der Waals surface area contributed by atoms with Gasteiger partial charge in [0.05, 0.1) is 6.20 Å². The Morgan fingerprint density at radius 3 is 2.64 bits per heavy atom. The number of halogens is 3. The molecule has 0 bridgehead atoms. The molecule has 0 aliphatic carbocycles. The van der Waals surface area contributed by atoms with Crippen LogP contribution in [-0.4, -0.2) is 40.2 Å². The van der Waals surface area contributed by atoms with E-state index in [4.69, 9.17) is 9.15 Å². The smallest absolute Gasteiger partial charge is 0.482 e. The molecule has 0 atom stereocenters. The molecule has 0 radical (unpaired) electrons. The fourth-order valence-electron chi connectivity index (χ4n) is 1.67. The van der Waals surface area contributed by atoms with Gasteiger partial charge in [-0.05, 0) is 19.9 Å². The van der Waals surface area contributed by atoms with Crippen LogP contribution >= 0.6 is 0 Å². The number of rotatable bonds is 6. The highest BCUT2D eigenvalue weighted by atomic mass is 19.4. The standard InChI is InChI=1S/C15H16F3N3O4/c1-9(2)21(3)14(22)11-7-24-13(20-11)8-23-10-4-5-12(19-6-10)25-15(16,17)18/h4-7,9H,8H2,1-3H3. The van der Waals surface area contributed by atoms with Gasteiger partial charge in [0.25, 0.3) is 5.91 Å². The van der Waals surface area contributed by atoms with Crippen LogP contribution in [0.15, 0.2) is 29.0 Å². The summed E-state index contributed by atoms with van der Waals surface area (Å²) in [4.78, 5) is 21.1. The van der Waals surface area contributed by atoms with Gasteiger partial charge in [-0.3, -0.25) is 4.79 Å². The van der Waals surface area contributed by atoms with Gasteiger partial charge < -0.3 is 18.8 Å². The van der Waals surface area contributed by atoms with E-state index in [9.17, 15) is 18.0 Å². The van der Waals surface area contributed by atoms with Crippen LogP contribution in [0.5, 0.6) is 11.6 Å². The van der Waals surface area contributed by atoms with E-state index < -0.39 is 12.2 Å². The number of aromatic nitrogens is 2. The summed E-state index contributed by atoms with van der Waals surface area (Å²) < 4.78 is 50.2. The first-order valence-corrected chi connectivity index (χ1v) is 7.22. The highest BCUT2D eigenvalue weighted by Gasteiger charge is 2.31. The summed E-state index contributed by atoms with van der Waals surface area (Å²) in [5.41, 5.74) is 0.141. The highest BCUT2D eigenvalue weighted by molar-refractivity contribution is 5.91. The van der Waals surface area contributed by atoms with Gasteiger partial charge in [0.15, 0.2) is 12.3 Å². The molecule has 0 fully saturated rings. The second kappa shape index (κ2) is 7.41. The molecule has 2 rings (SSSR count). The van der Waals surface area contributed by atoms with E-state index in [1.807, 2.05) is 13.8 Å². The van der Waals surface area contributed by atoms with Crippen molar-refractivity contribution in [3.63, 3.8) is 0 Å². The topological polar surface area (TPSA) is 77.7 Å². The number of ether oxygens (including phenoxy) is 2. The fraction of sp³-hybridized carbons (Fsp3) is 0.400. The number of pyridine rings is 1. The predicted octanol–water partition coefficient (Wildman–Crippen LogP) is 3.03. The van der Waals surface area contributed by atoms with Crippen molar-refractivity contribution in [1.82, 2.24) is 14.9 Å². The van der Waals surface area contributed by atoms with Crippen LogP contribution in [0.25, 0.3) is 0 Å². The average molecular weight is 359 g/mol. The quantitative estimate of drug-likeness (QED) is 0.789. The summed E-state index contributed by atoms with van der Waals surface area (Å²) in [5.74, 6) is -0.545. The second-order valence-corrected chi connectivity index (χ2v) is 5.30. The van der Waals surface area contributed by atoms with Crippen LogP contribution in [0, 0.1) is 0 Å². The van der Waals surface area contributed by atoms with Gasteiger partial charge in [0, 0.05) is 19.2 Å². The number of amides is 1. The molecule has 0 N–H and O–H groups in total. The molecule has 136 valence electrons. The lowest BCUT2D eigenvalue weighted by Crippen LogP contribution is -2.33. The summed E-state index contributed by atoms with van der Waals surface area (Å²) in [6.45, 7) is 3.61. The van der Waals surface area contributed by atoms with E-state index in [1.54, 1.807) is 7.05 Å². The molecule has 2 heterocycles. The average Bonchev–Trinajstić information content (AvgIpc) is 3.00. The summed E-state index contributed by atoms with van der Waals surface area (Å²) in [6.07, 6.45) is -2.51. The lowest BCUT2D eigenvalue weighted by molar-refractivity contribution is -0.276. The first-order valence-electron chi connectivity index (χ1n) is 7.22. The molecule has 0 saturated carbocycles. The number of alkyl halides is 3. The lowest BCUT2D eigenvalue weighted by Gasteiger charge is -2.19. The molecule has 2 aromatic heterocycles. The van der Waals surface area contributed by atoms with Gasteiger partial charge in [0.2, 0.25) is 11.8 Å². The molecule has 7 nitrogen and oxygen atoms in total. The highest BCUT2D eigenvalue weighted by Crippen LogP contribution is 2.22. The second-order valence-electron chi connectivity index (χ2n) is 5.30. The van der Waals surface area contributed by atoms with E-state index in [1.165, 1.54) is 17.2 Å². The minimum atomic E-state index is -4.81. The van der Waals surface area contributed by atoms with Crippen molar-refractivity contribution in [2.75, 3.05) is 7.05 Å². The van der Waals surface area contributed by atoms with Crippen LogP contribution < -0.4 is 9.47 Å². The third-order valence-electron chi connectivity index (χ3n) is 3.16. The predicted molar refractivity (Wildman–Crippen MR) is 79.0 cm³/mol. The van der Waals surface area contributed by atoms with E-state index in [-0.39, 0.29) is 35.9 Å². The molecule has 25 heavy (non-hydrogen) atoms. The Kier molecular flexibility index (Phi) is 5.50. The van der Waals surface area contributed by atoms with Crippen LogP contribution in [0.3, 0.4) is 0 Å². The zero-order valence-corrected chi connectivity index (χ0v) is 13.7. The first-order chi connectivity index (χ1) is 11.7. The Labute approximate surface area is 141 Å². The number of carbonyl (C=O) groups excluding carboxylic acids is 1. The van der Waals surface area contributed by atoms with E-state index >= 15 is 0 Å². The molecule has 1 amide bonds. The molecule has 0 aliphatic heterocycles. The normalized spacial score (nSPS) is 11.5. The summed E-state index contributed by atoms with van der Waals surface area (Å²) in [5, 5.41) is 0. The minimum Gasteiger partial charge on any atom is -0.482 e. The van der Waals surface area contributed by atoms with Crippen LogP contribution in [0.2, 0.25) is 0 Å². The van der Waals surface area contributed by atoms with Crippen molar-refractivity contribution < 1.29 is 31.9 Å². The molecule has 0 spiro atoms. The van der Waals surface area contributed by atoms with E-state index in [0.29, 0.717) is 0 Å². The molecular weight excluding hydrogens is 343 g/mol. The monoisotopic (exact) mass is 359 g/mol. The van der Waals surface area contributed by atoms with E-state index in [0.717, 1.165) is 12.3 Å². The molecule has 0 aromatic carbocycles. The Bertz CT molecular complexity index is 714. The molecular formula is C15H16F3N3O4. The van der Waals surface area contributed by atoms with Crippen molar-refractivity contribution in [2.24, 2.45) is 0 Å². The summed E-state index contributed by atoms with van der Waals surface area (Å²) >= 11 is 0. The van der Waals surface area contributed by atoms with Crippen molar-refractivity contribution in [2.45, 2.75) is 32.9 Å². The van der Waals surface area contributed by atoms with Crippen molar-refractivity contribution in [1.29, 1.82) is 0 Å². The molecule has 0 aliphatic rings. The van der Waals surface area contributed by atoms with Gasteiger partial charge in [-0.15, -0.1) is 13.2 Å². The van der Waals surface area contributed by atoms with Gasteiger partial charge in [-0.1, -0.05) is 0 Å². The van der Waals surface area contributed by atoms with Gasteiger partial charge in [-0.25, -0.2) is 9.97 Å². The first kappa shape index (κ1) is 18.6. The Hall–Kier alpha value is -2.78.